The predicted octanol–water partition coefficient (Wildman–Crippen LogP) is 10.0. The molecule has 3 aliphatic heterocycles. The minimum atomic E-state index is -1.20. The van der Waals surface area contributed by atoms with E-state index in [4.69, 9.17) is 9.47 Å². The number of ether oxygens (including phenoxy) is 2. The highest BCUT2D eigenvalue weighted by atomic mass is 16.5. The molecule has 1 spiro atoms. The van der Waals surface area contributed by atoms with Crippen LogP contribution in [0.2, 0.25) is 0 Å². The molecule has 0 saturated heterocycles. The molecular formula is C59H65N3O9. The number of aliphatic hydroxyl groups is 2. The van der Waals surface area contributed by atoms with E-state index in [1.165, 1.54) is 6.07 Å². The number of nitrogens with one attached hydrogen (secondary N) is 3. The van der Waals surface area contributed by atoms with Gasteiger partial charge in [0.2, 0.25) is 5.75 Å². The number of dihydropyridines is 1. The number of phenolic OH excluding ortho intramolecular Hbond substituents is 4. The van der Waals surface area contributed by atoms with Gasteiger partial charge in [-0.25, -0.2) is 0 Å². The number of aliphatic hydroxyl groups excluding tert-OH is 2. The quantitative estimate of drug-likeness (QED) is 0.0504. The Morgan fingerprint density at radius 3 is 2.69 bits per heavy atom. The number of allylic oxidation sites excluding steroid dienone is 5. The van der Waals surface area contributed by atoms with Crippen molar-refractivity contribution in [3.05, 3.63) is 149 Å². The van der Waals surface area contributed by atoms with Crippen molar-refractivity contribution in [1.82, 2.24) is 10.3 Å². The molecule has 12 nitrogen and oxygen atoms in total. The zero-order valence-electron chi connectivity index (χ0n) is 40.2. The van der Waals surface area contributed by atoms with Gasteiger partial charge in [-0.2, -0.15) is 0 Å². The molecule has 0 radical (unpaired) electrons. The third kappa shape index (κ3) is 8.83. The molecule has 6 aliphatic rings. The second kappa shape index (κ2) is 19.2. The summed E-state index contributed by atoms with van der Waals surface area (Å²) in [6.07, 6.45) is 17.8. The zero-order chi connectivity index (χ0) is 49.0. The average molecular weight is 960 g/mol. The minimum absolute atomic E-state index is 0.0250. The summed E-state index contributed by atoms with van der Waals surface area (Å²) in [5.74, 6) is -0.923. The highest BCUT2D eigenvalue weighted by Gasteiger charge is 2.58. The molecule has 2 bridgehead atoms. The summed E-state index contributed by atoms with van der Waals surface area (Å²) in [7, 11) is 0. The second-order valence-corrected chi connectivity index (χ2v) is 21.2. The van der Waals surface area contributed by atoms with Gasteiger partial charge in [0.25, 0.3) is 0 Å². The first kappa shape index (κ1) is 46.7. The number of fused-ring (bicyclic) bond motifs is 5. The molecule has 1 saturated carbocycles. The number of hydrogen-bond donors (Lipinski definition) is 9. The van der Waals surface area contributed by atoms with Gasteiger partial charge in [-0.05, 0) is 157 Å². The SMILES string of the molecule is C[C@H]1CC=C[C@@H](COc2cc([C@@H]3CCc4c(ccc5cc(O)ccc45)NC4=CC(=CCN4)[C@@]4(CC[C@H](O)[C@H]4Cc4ccc[nH]4)[C@@H]([C@H](O)C[C@H]4C=C[C@@H]5CCOc6c(O)ccc4c65)C(=O)C3)cc(O)c2O)C1. The fraction of sp³-hybridized carbons (Fsp3) is 0.407. The molecule has 9 N–H and O–H groups in total. The van der Waals surface area contributed by atoms with E-state index >= 15 is 4.79 Å². The van der Waals surface area contributed by atoms with Crippen molar-refractivity contribution in [3.8, 4) is 34.5 Å². The van der Waals surface area contributed by atoms with Crippen molar-refractivity contribution in [2.45, 2.75) is 101 Å². The van der Waals surface area contributed by atoms with Crippen molar-refractivity contribution >= 4 is 22.2 Å². The number of Topliss-reactive ketones (excluding diaryl/α,β-unsaturated/α-hetero) is 1. The van der Waals surface area contributed by atoms with Gasteiger partial charge in [0.05, 0.1) is 31.3 Å². The Labute approximate surface area is 414 Å². The Morgan fingerprint density at radius 1 is 0.958 bits per heavy atom. The third-order valence-corrected chi connectivity index (χ3v) is 16.8. The fourth-order valence-electron chi connectivity index (χ4n) is 13.4. The molecule has 0 amide bonds. The van der Waals surface area contributed by atoms with E-state index in [1.807, 2.05) is 42.6 Å². The first-order valence-corrected chi connectivity index (χ1v) is 25.6. The number of phenols is 4. The lowest BCUT2D eigenvalue weighted by atomic mass is 9.57. The number of aromatic nitrogens is 1. The largest absolute Gasteiger partial charge is 0.508 e. The summed E-state index contributed by atoms with van der Waals surface area (Å²) in [5.41, 5.74) is 5.07. The highest BCUT2D eigenvalue weighted by Crippen LogP contribution is 2.59. The summed E-state index contributed by atoms with van der Waals surface area (Å²) >= 11 is 0. The molecular weight excluding hydrogens is 895 g/mol. The van der Waals surface area contributed by atoms with Crippen molar-refractivity contribution in [2.75, 3.05) is 25.1 Å². The lowest BCUT2D eigenvalue weighted by Gasteiger charge is -2.47. The topological polar surface area (TPSA) is 197 Å². The van der Waals surface area contributed by atoms with Gasteiger partial charge in [-0.1, -0.05) is 55.5 Å². The number of aromatic hydroxyl groups is 4. The van der Waals surface area contributed by atoms with Crippen LogP contribution in [0.5, 0.6) is 34.5 Å². The van der Waals surface area contributed by atoms with E-state index in [1.54, 1.807) is 24.3 Å². The lowest BCUT2D eigenvalue weighted by Crippen LogP contribution is -2.50. The first-order valence-electron chi connectivity index (χ1n) is 25.6. The van der Waals surface area contributed by atoms with E-state index < -0.39 is 35.4 Å². The van der Waals surface area contributed by atoms with Gasteiger partial charge in [0.15, 0.2) is 23.0 Å². The van der Waals surface area contributed by atoms with Gasteiger partial charge in [-0.15, -0.1) is 0 Å². The van der Waals surface area contributed by atoms with E-state index in [2.05, 4.69) is 59.0 Å². The number of hydrogen-bond acceptors (Lipinski definition) is 11. The van der Waals surface area contributed by atoms with Crippen LogP contribution in [-0.4, -0.2) is 73.4 Å². The minimum Gasteiger partial charge on any atom is -0.508 e. The zero-order valence-corrected chi connectivity index (χ0v) is 40.2. The van der Waals surface area contributed by atoms with Gasteiger partial charge in [0, 0.05) is 65.2 Å². The van der Waals surface area contributed by atoms with Crippen LogP contribution in [0, 0.1) is 29.1 Å². The van der Waals surface area contributed by atoms with Crippen molar-refractivity contribution in [1.29, 1.82) is 0 Å². The molecule has 71 heavy (non-hydrogen) atoms. The standard InChI is InChI=1S/C59H65N3O9/c1-33-4-2-5-34(24-33)32-71-53-29-39(28-52(68)57(53)69)36-9-12-45-43-13-11-42(63)25-37(43)10-15-47(45)62-54-30-40(18-22-61-54)59(20-17-48(64)46(59)31-41-6-3-21-60-41)56(50(66)26-36)51(67)27-38-8-7-35-19-23-70-58-49(65)16-14-44(38)55(35)58/h2-3,5-8,10-11,13-16,18,21,25,28-30,33-36,38,46,48,51,56,60-65,67-69H,4,9,12,17,19-20,22-24,26-27,31-32H2,1H3/t33-,34+,35+,36+,38+,46+,48-,51+,56+,59+/m0/s1. The number of ketones is 1. The van der Waals surface area contributed by atoms with Crippen LogP contribution in [0.25, 0.3) is 10.8 Å². The number of carbonyl (C=O) groups excluding carboxylic acids is 1. The van der Waals surface area contributed by atoms with Crippen LogP contribution in [0.3, 0.4) is 0 Å². The Morgan fingerprint density at radius 2 is 1.85 bits per heavy atom. The molecule has 10 atom stereocenters. The number of H-pyrrole nitrogens is 1. The van der Waals surface area contributed by atoms with Gasteiger partial charge < -0.3 is 55.7 Å². The third-order valence-electron chi connectivity index (χ3n) is 16.8. The number of anilines is 1. The summed E-state index contributed by atoms with van der Waals surface area (Å²) in [6.45, 7) is 3.44. The molecule has 4 aromatic carbocycles. The maximum atomic E-state index is 16.3. The van der Waals surface area contributed by atoms with Crippen LogP contribution in [0.1, 0.15) is 104 Å². The predicted molar refractivity (Wildman–Crippen MR) is 273 cm³/mol. The smallest absolute Gasteiger partial charge is 0.200 e. The van der Waals surface area contributed by atoms with Crippen molar-refractivity contribution < 1.29 is 44.9 Å². The van der Waals surface area contributed by atoms with Gasteiger partial charge in [-0.3, -0.25) is 4.79 Å². The molecule has 5 aromatic rings. The van der Waals surface area contributed by atoms with Crippen LogP contribution < -0.4 is 20.1 Å². The molecule has 3 aliphatic carbocycles. The van der Waals surface area contributed by atoms with Crippen molar-refractivity contribution in [2.24, 2.45) is 29.1 Å². The van der Waals surface area contributed by atoms with Gasteiger partial charge in [0.1, 0.15) is 17.4 Å². The molecule has 12 heteroatoms. The second-order valence-electron chi connectivity index (χ2n) is 21.2. The number of rotatable bonds is 9. The van der Waals surface area contributed by atoms with Gasteiger partial charge >= 0.3 is 0 Å². The van der Waals surface area contributed by atoms with Crippen molar-refractivity contribution in [3.63, 3.8) is 0 Å². The Bertz CT molecular complexity index is 2960. The summed E-state index contributed by atoms with van der Waals surface area (Å²) in [6, 6.07) is 20.2. The van der Waals surface area contributed by atoms with E-state index in [9.17, 15) is 30.6 Å². The van der Waals surface area contributed by atoms with Crippen LogP contribution in [0.15, 0.2) is 121 Å². The number of carbonyl (C=O) groups is 1. The Hall–Kier alpha value is -6.63. The molecule has 4 heterocycles. The monoisotopic (exact) mass is 959 g/mol. The summed E-state index contributed by atoms with van der Waals surface area (Å²) < 4.78 is 12.4. The average Bonchev–Trinajstić information content (AvgIpc) is 4.00. The normalized spacial score (nSPS) is 28.5. The van der Waals surface area contributed by atoms with Crippen LogP contribution in [-0.2, 0) is 17.6 Å². The summed E-state index contributed by atoms with van der Waals surface area (Å²) in [4.78, 5) is 19.7. The number of aromatic amines is 1. The fourth-order valence-corrected chi connectivity index (χ4v) is 13.4. The summed E-state index contributed by atoms with van der Waals surface area (Å²) in [5, 5.41) is 79.0. The molecule has 370 valence electrons. The Balaban J connectivity index is 1.06. The maximum absolute atomic E-state index is 16.3. The maximum Gasteiger partial charge on any atom is 0.200 e. The molecule has 0 unspecified atom stereocenters. The van der Waals surface area contributed by atoms with E-state index in [0.29, 0.717) is 69.1 Å². The van der Waals surface area contributed by atoms with Crippen LogP contribution in [0.4, 0.5) is 5.69 Å². The van der Waals surface area contributed by atoms with E-state index in [-0.39, 0.29) is 65.1 Å². The van der Waals surface area contributed by atoms with E-state index in [0.717, 1.165) is 69.5 Å². The van der Waals surface area contributed by atoms with Crippen LogP contribution >= 0.6 is 0 Å². The Kier molecular flexibility index (Phi) is 12.6. The highest BCUT2D eigenvalue weighted by molar-refractivity contribution is 5.92. The number of aryl methyl sites for hydroxylation is 1. The lowest BCUT2D eigenvalue weighted by molar-refractivity contribution is -0.134. The molecule has 1 fully saturated rings. The number of benzene rings is 4. The first-order chi connectivity index (χ1) is 34.4. The molecule has 11 rings (SSSR count). The molecule has 1 aromatic heterocycles.